The van der Waals surface area contributed by atoms with Gasteiger partial charge in [0.05, 0.1) is 7.11 Å². The number of halogens is 1. The summed E-state index contributed by atoms with van der Waals surface area (Å²) in [5.74, 6) is 0.704. The number of rotatable bonds is 1. The SMILES string of the molecule is COc1cc(I)ccc1O. The van der Waals surface area contributed by atoms with Gasteiger partial charge in [0.2, 0.25) is 0 Å². The van der Waals surface area contributed by atoms with Crippen LogP contribution in [0.25, 0.3) is 0 Å². The van der Waals surface area contributed by atoms with Crippen molar-refractivity contribution in [1.29, 1.82) is 0 Å². The van der Waals surface area contributed by atoms with Gasteiger partial charge in [-0.1, -0.05) is 0 Å². The molecule has 0 atom stereocenters. The van der Waals surface area contributed by atoms with Crippen LogP contribution in [0.5, 0.6) is 11.5 Å². The van der Waals surface area contributed by atoms with E-state index in [0.717, 1.165) is 3.57 Å². The Morgan fingerprint density at radius 2 is 2.20 bits per heavy atom. The molecule has 3 heteroatoms. The van der Waals surface area contributed by atoms with Crippen LogP contribution in [-0.4, -0.2) is 12.2 Å². The van der Waals surface area contributed by atoms with Gasteiger partial charge in [-0.15, -0.1) is 0 Å². The lowest BCUT2D eigenvalue weighted by Crippen LogP contribution is -1.83. The maximum absolute atomic E-state index is 9.11. The Morgan fingerprint density at radius 3 is 2.70 bits per heavy atom. The number of hydrogen-bond acceptors (Lipinski definition) is 2. The van der Waals surface area contributed by atoms with E-state index in [2.05, 4.69) is 22.6 Å². The highest BCUT2D eigenvalue weighted by molar-refractivity contribution is 14.1. The molecule has 2 nitrogen and oxygen atoms in total. The molecule has 0 bridgehead atoms. The maximum atomic E-state index is 9.11. The Morgan fingerprint density at radius 1 is 1.50 bits per heavy atom. The van der Waals surface area contributed by atoms with E-state index >= 15 is 0 Å². The fourth-order valence-corrected chi connectivity index (χ4v) is 1.11. The number of aromatic hydroxyl groups is 1. The third-order valence-corrected chi connectivity index (χ3v) is 1.81. The first-order chi connectivity index (χ1) is 4.74. The molecule has 0 saturated heterocycles. The first-order valence-electron chi connectivity index (χ1n) is 2.76. The van der Waals surface area contributed by atoms with Gasteiger partial charge in [0, 0.05) is 3.57 Å². The zero-order valence-electron chi connectivity index (χ0n) is 5.47. The zero-order valence-corrected chi connectivity index (χ0v) is 7.62. The summed E-state index contributed by atoms with van der Waals surface area (Å²) in [6.07, 6.45) is 0. The molecule has 1 rings (SSSR count). The van der Waals surface area contributed by atoms with E-state index in [9.17, 15) is 0 Å². The van der Waals surface area contributed by atoms with Crippen LogP contribution < -0.4 is 4.74 Å². The molecule has 0 spiro atoms. The lowest BCUT2D eigenvalue weighted by molar-refractivity contribution is 0.373. The van der Waals surface area contributed by atoms with Gasteiger partial charge in [0.1, 0.15) is 0 Å². The summed E-state index contributed by atoms with van der Waals surface area (Å²) in [7, 11) is 1.53. The number of ether oxygens (including phenoxy) is 1. The summed E-state index contributed by atoms with van der Waals surface area (Å²) in [4.78, 5) is 0. The van der Waals surface area contributed by atoms with Crippen LogP contribution in [0.3, 0.4) is 0 Å². The van der Waals surface area contributed by atoms with Crippen molar-refractivity contribution < 1.29 is 9.84 Å². The summed E-state index contributed by atoms with van der Waals surface area (Å²) >= 11 is 2.15. The molecule has 0 heterocycles. The largest absolute Gasteiger partial charge is 0.504 e. The van der Waals surface area contributed by atoms with E-state index < -0.39 is 0 Å². The molecule has 0 aliphatic heterocycles. The lowest BCUT2D eigenvalue weighted by atomic mass is 10.3. The van der Waals surface area contributed by atoms with Crippen molar-refractivity contribution >= 4 is 22.6 Å². The van der Waals surface area contributed by atoms with Gasteiger partial charge in [0.15, 0.2) is 11.5 Å². The highest BCUT2D eigenvalue weighted by Gasteiger charge is 1.98. The standard InChI is InChI=1S/C7H7IO2/c1-10-7-4-5(8)2-3-6(7)9/h2-4,9H,1H3. The molecule has 0 unspecified atom stereocenters. The lowest BCUT2D eigenvalue weighted by Gasteiger charge is -2.01. The van der Waals surface area contributed by atoms with Gasteiger partial charge in [-0.3, -0.25) is 0 Å². The Labute approximate surface area is 73.0 Å². The summed E-state index contributed by atoms with van der Waals surface area (Å²) in [6, 6.07) is 5.20. The van der Waals surface area contributed by atoms with E-state index in [4.69, 9.17) is 9.84 Å². The Bertz CT molecular complexity index is 235. The molecular weight excluding hydrogens is 243 g/mol. The number of benzene rings is 1. The van der Waals surface area contributed by atoms with Crippen molar-refractivity contribution in [2.45, 2.75) is 0 Å². The number of phenols is 1. The third-order valence-electron chi connectivity index (χ3n) is 1.14. The van der Waals surface area contributed by atoms with Crippen molar-refractivity contribution in [1.82, 2.24) is 0 Å². The number of methoxy groups -OCH3 is 1. The van der Waals surface area contributed by atoms with Crippen molar-refractivity contribution in [2.24, 2.45) is 0 Å². The molecule has 0 aromatic heterocycles. The molecule has 0 amide bonds. The molecule has 0 aliphatic rings. The Balaban J connectivity index is 3.09. The minimum absolute atomic E-state index is 0.183. The monoisotopic (exact) mass is 250 g/mol. The zero-order chi connectivity index (χ0) is 7.56. The quantitative estimate of drug-likeness (QED) is 0.772. The Kier molecular flexibility index (Phi) is 2.37. The van der Waals surface area contributed by atoms with Gasteiger partial charge < -0.3 is 9.84 Å². The van der Waals surface area contributed by atoms with Crippen LogP contribution in [0.1, 0.15) is 0 Å². The minimum atomic E-state index is 0.183. The summed E-state index contributed by atoms with van der Waals surface area (Å²) in [5, 5.41) is 9.11. The minimum Gasteiger partial charge on any atom is -0.504 e. The van der Waals surface area contributed by atoms with Crippen LogP contribution in [0.15, 0.2) is 18.2 Å². The number of phenolic OH excluding ortho intramolecular Hbond substituents is 1. The summed E-state index contributed by atoms with van der Waals surface area (Å²) in [5.41, 5.74) is 0. The van der Waals surface area contributed by atoms with E-state index in [1.807, 2.05) is 6.07 Å². The average molecular weight is 250 g/mol. The van der Waals surface area contributed by atoms with E-state index in [-0.39, 0.29) is 5.75 Å². The van der Waals surface area contributed by atoms with Crippen molar-refractivity contribution in [3.8, 4) is 11.5 Å². The van der Waals surface area contributed by atoms with E-state index in [1.165, 1.54) is 7.11 Å². The molecule has 0 fully saturated rings. The van der Waals surface area contributed by atoms with Crippen LogP contribution in [-0.2, 0) is 0 Å². The highest BCUT2D eigenvalue weighted by atomic mass is 127. The van der Waals surface area contributed by atoms with Crippen molar-refractivity contribution in [2.75, 3.05) is 7.11 Å². The first-order valence-corrected chi connectivity index (χ1v) is 3.84. The fraction of sp³-hybridized carbons (Fsp3) is 0.143. The average Bonchev–Trinajstić information content (AvgIpc) is 1.94. The molecule has 0 radical (unpaired) electrons. The summed E-state index contributed by atoms with van der Waals surface area (Å²) in [6.45, 7) is 0. The maximum Gasteiger partial charge on any atom is 0.161 e. The normalized spacial score (nSPS) is 9.40. The topological polar surface area (TPSA) is 29.5 Å². The van der Waals surface area contributed by atoms with Crippen LogP contribution in [0.2, 0.25) is 0 Å². The second kappa shape index (κ2) is 3.09. The second-order valence-corrected chi connectivity index (χ2v) is 3.06. The van der Waals surface area contributed by atoms with Gasteiger partial charge in [-0.2, -0.15) is 0 Å². The van der Waals surface area contributed by atoms with Gasteiger partial charge in [-0.25, -0.2) is 0 Å². The van der Waals surface area contributed by atoms with Crippen LogP contribution in [0.4, 0.5) is 0 Å². The highest BCUT2D eigenvalue weighted by Crippen LogP contribution is 2.26. The molecule has 0 aliphatic carbocycles. The molecule has 1 aromatic carbocycles. The molecule has 0 saturated carbocycles. The molecule has 1 N–H and O–H groups in total. The van der Waals surface area contributed by atoms with Crippen molar-refractivity contribution in [3.63, 3.8) is 0 Å². The predicted molar refractivity (Wildman–Crippen MR) is 47.4 cm³/mol. The molecule has 10 heavy (non-hydrogen) atoms. The van der Waals surface area contributed by atoms with Crippen molar-refractivity contribution in [3.05, 3.63) is 21.8 Å². The molecule has 54 valence electrons. The van der Waals surface area contributed by atoms with E-state index in [1.54, 1.807) is 12.1 Å². The van der Waals surface area contributed by atoms with Gasteiger partial charge >= 0.3 is 0 Å². The number of hydrogen-bond donors (Lipinski definition) is 1. The molecule has 1 aromatic rings. The van der Waals surface area contributed by atoms with Crippen LogP contribution >= 0.6 is 22.6 Å². The van der Waals surface area contributed by atoms with Gasteiger partial charge in [-0.05, 0) is 40.8 Å². The summed E-state index contributed by atoms with van der Waals surface area (Å²) < 4.78 is 5.92. The van der Waals surface area contributed by atoms with E-state index in [0.29, 0.717) is 5.75 Å². The second-order valence-electron chi connectivity index (χ2n) is 1.82. The molecular formula is C7H7IO2. The third kappa shape index (κ3) is 1.53. The Hall–Kier alpha value is -0.450. The van der Waals surface area contributed by atoms with Gasteiger partial charge in [0.25, 0.3) is 0 Å². The predicted octanol–water partition coefficient (Wildman–Crippen LogP) is 2.01. The van der Waals surface area contributed by atoms with Crippen LogP contribution in [0, 0.1) is 3.57 Å². The first kappa shape index (κ1) is 7.65. The smallest absolute Gasteiger partial charge is 0.161 e. The fourth-order valence-electron chi connectivity index (χ4n) is 0.651.